The normalized spacial score (nSPS) is 15.2. The average Bonchev–Trinajstić information content (AvgIpc) is 3.12. The van der Waals surface area contributed by atoms with Gasteiger partial charge in [-0.25, -0.2) is 9.97 Å². The summed E-state index contributed by atoms with van der Waals surface area (Å²) < 4.78 is 0. The standard InChI is InChI=1S/C14H24N4/c1-10(2)14-16-11(3)9-13(17-14)18(4)8-7-15-12-5-6-12/h9-10,12,15H,5-8H2,1-4H3. The van der Waals surface area contributed by atoms with Crippen molar-refractivity contribution in [1.29, 1.82) is 0 Å². The fourth-order valence-corrected chi connectivity index (χ4v) is 1.87. The summed E-state index contributed by atoms with van der Waals surface area (Å²) in [4.78, 5) is 11.3. The van der Waals surface area contributed by atoms with Crippen LogP contribution in [0.25, 0.3) is 0 Å². The average molecular weight is 248 g/mol. The first-order chi connectivity index (χ1) is 8.56. The second-order valence-corrected chi connectivity index (χ2v) is 5.53. The third kappa shape index (κ3) is 3.67. The van der Waals surface area contributed by atoms with Crippen LogP contribution >= 0.6 is 0 Å². The lowest BCUT2D eigenvalue weighted by Crippen LogP contribution is -2.31. The fourth-order valence-electron chi connectivity index (χ4n) is 1.87. The molecule has 1 aromatic rings. The lowest BCUT2D eigenvalue weighted by Gasteiger charge is -2.20. The van der Waals surface area contributed by atoms with Crippen molar-refractivity contribution < 1.29 is 0 Å². The Labute approximate surface area is 110 Å². The molecule has 1 fully saturated rings. The summed E-state index contributed by atoms with van der Waals surface area (Å²) in [5.74, 6) is 2.34. The molecule has 0 atom stereocenters. The van der Waals surface area contributed by atoms with E-state index in [1.807, 2.05) is 6.92 Å². The molecule has 1 aromatic heterocycles. The van der Waals surface area contributed by atoms with Crippen molar-refractivity contribution in [1.82, 2.24) is 15.3 Å². The summed E-state index contributed by atoms with van der Waals surface area (Å²) in [6.07, 6.45) is 2.68. The minimum absolute atomic E-state index is 0.377. The van der Waals surface area contributed by atoms with E-state index in [9.17, 15) is 0 Å². The van der Waals surface area contributed by atoms with E-state index in [4.69, 9.17) is 0 Å². The first-order valence-corrected chi connectivity index (χ1v) is 6.86. The summed E-state index contributed by atoms with van der Waals surface area (Å²) in [5, 5.41) is 3.52. The molecule has 100 valence electrons. The van der Waals surface area contributed by atoms with Gasteiger partial charge in [-0.05, 0) is 19.8 Å². The predicted molar refractivity (Wildman–Crippen MR) is 75.2 cm³/mol. The third-order valence-corrected chi connectivity index (χ3v) is 3.22. The maximum absolute atomic E-state index is 4.63. The minimum Gasteiger partial charge on any atom is -0.358 e. The van der Waals surface area contributed by atoms with Gasteiger partial charge in [0.2, 0.25) is 0 Å². The van der Waals surface area contributed by atoms with Crippen molar-refractivity contribution in [2.75, 3.05) is 25.0 Å². The zero-order valence-electron chi connectivity index (χ0n) is 11.9. The highest BCUT2D eigenvalue weighted by Crippen LogP contribution is 2.19. The monoisotopic (exact) mass is 248 g/mol. The molecule has 18 heavy (non-hydrogen) atoms. The molecule has 0 unspecified atom stereocenters. The smallest absolute Gasteiger partial charge is 0.133 e. The molecule has 0 aliphatic heterocycles. The molecule has 0 bridgehead atoms. The van der Waals surface area contributed by atoms with Gasteiger partial charge in [-0.2, -0.15) is 0 Å². The number of hydrogen-bond donors (Lipinski definition) is 1. The van der Waals surface area contributed by atoms with Gasteiger partial charge in [0.1, 0.15) is 11.6 Å². The van der Waals surface area contributed by atoms with Crippen molar-refractivity contribution in [3.05, 3.63) is 17.6 Å². The van der Waals surface area contributed by atoms with Crippen LogP contribution in [0, 0.1) is 6.92 Å². The lowest BCUT2D eigenvalue weighted by atomic mass is 10.2. The molecule has 4 heteroatoms. The number of nitrogens with one attached hydrogen (secondary N) is 1. The van der Waals surface area contributed by atoms with Crippen LogP contribution in [-0.4, -0.2) is 36.1 Å². The van der Waals surface area contributed by atoms with Crippen molar-refractivity contribution in [2.45, 2.75) is 45.6 Å². The van der Waals surface area contributed by atoms with Crippen LogP contribution in [0.1, 0.15) is 44.1 Å². The van der Waals surface area contributed by atoms with Crippen LogP contribution in [0.15, 0.2) is 6.07 Å². The van der Waals surface area contributed by atoms with Crippen molar-refractivity contribution in [2.24, 2.45) is 0 Å². The third-order valence-electron chi connectivity index (χ3n) is 3.22. The maximum atomic E-state index is 4.63. The van der Waals surface area contributed by atoms with Gasteiger partial charge in [0, 0.05) is 43.9 Å². The van der Waals surface area contributed by atoms with Crippen LogP contribution in [-0.2, 0) is 0 Å². The number of hydrogen-bond acceptors (Lipinski definition) is 4. The van der Waals surface area contributed by atoms with E-state index in [1.165, 1.54) is 12.8 Å². The lowest BCUT2D eigenvalue weighted by molar-refractivity contribution is 0.669. The number of likely N-dealkylation sites (N-methyl/N-ethyl adjacent to an activating group) is 1. The van der Waals surface area contributed by atoms with Crippen LogP contribution in [0.3, 0.4) is 0 Å². The van der Waals surface area contributed by atoms with E-state index in [0.29, 0.717) is 5.92 Å². The Morgan fingerprint density at radius 1 is 1.39 bits per heavy atom. The summed E-state index contributed by atoms with van der Waals surface area (Å²) in [6, 6.07) is 2.83. The molecular formula is C14H24N4. The zero-order chi connectivity index (χ0) is 13.1. The van der Waals surface area contributed by atoms with Crippen LogP contribution in [0.5, 0.6) is 0 Å². The topological polar surface area (TPSA) is 41.0 Å². The van der Waals surface area contributed by atoms with Gasteiger partial charge >= 0.3 is 0 Å². The number of aryl methyl sites for hydroxylation is 1. The molecule has 0 aromatic carbocycles. The molecule has 0 amide bonds. The molecule has 1 aliphatic carbocycles. The number of aromatic nitrogens is 2. The maximum Gasteiger partial charge on any atom is 0.133 e. The summed E-state index contributed by atoms with van der Waals surface area (Å²) in [6.45, 7) is 8.32. The molecule has 2 rings (SSSR count). The van der Waals surface area contributed by atoms with E-state index in [0.717, 1.165) is 36.5 Å². The van der Waals surface area contributed by atoms with Crippen LogP contribution in [0.4, 0.5) is 5.82 Å². The minimum atomic E-state index is 0.377. The Bertz CT molecular complexity index is 399. The van der Waals surface area contributed by atoms with E-state index in [1.54, 1.807) is 0 Å². The first-order valence-electron chi connectivity index (χ1n) is 6.86. The van der Waals surface area contributed by atoms with E-state index < -0.39 is 0 Å². The molecular weight excluding hydrogens is 224 g/mol. The van der Waals surface area contributed by atoms with Gasteiger partial charge in [0.25, 0.3) is 0 Å². The Morgan fingerprint density at radius 2 is 2.11 bits per heavy atom. The van der Waals surface area contributed by atoms with Gasteiger partial charge in [-0.15, -0.1) is 0 Å². The molecule has 0 radical (unpaired) electrons. The molecule has 1 saturated carbocycles. The summed E-state index contributed by atoms with van der Waals surface area (Å²) in [7, 11) is 2.10. The van der Waals surface area contributed by atoms with Gasteiger partial charge in [0.05, 0.1) is 0 Å². The molecule has 0 saturated heterocycles. The van der Waals surface area contributed by atoms with Gasteiger partial charge < -0.3 is 10.2 Å². The number of rotatable bonds is 6. The highest BCUT2D eigenvalue weighted by atomic mass is 15.2. The van der Waals surface area contributed by atoms with E-state index >= 15 is 0 Å². The van der Waals surface area contributed by atoms with Crippen molar-refractivity contribution >= 4 is 5.82 Å². The SMILES string of the molecule is Cc1cc(N(C)CCNC2CC2)nc(C(C)C)n1. The predicted octanol–water partition coefficient (Wildman–Crippen LogP) is 2.10. The van der Waals surface area contributed by atoms with Gasteiger partial charge in [-0.3, -0.25) is 0 Å². The molecule has 1 aliphatic rings. The summed E-state index contributed by atoms with van der Waals surface area (Å²) in [5.41, 5.74) is 1.05. The first kappa shape index (κ1) is 13.3. The van der Waals surface area contributed by atoms with Gasteiger partial charge in [0.15, 0.2) is 0 Å². The highest BCUT2D eigenvalue weighted by Gasteiger charge is 2.20. The van der Waals surface area contributed by atoms with Crippen LogP contribution < -0.4 is 10.2 Å². The van der Waals surface area contributed by atoms with Crippen molar-refractivity contribution in [3.8, 4) is 0 Å². The molecule has 1 heterocycles. The molecule has 1 N–H and O–H groups in total. The van der Waals surface area contributed by atoms with Gasteiger partial charge in [-0.1, -0.05) is 13.8 Å². The number of nitrogens with zero attached hydrogens (tertiary/aromatic N) is 3. The number of anilines is 1. The Balaban J connectivity index is 1.96. The second kappa shape index (κ2) is 5.65. The summed E-state index contributed by atoms with van der Waals surface area (Å²) >= 11 is 0. The zero-order valence-corrected chi connectivity index (χ0v) is 11.9. The Hall–Kier alpha value is -1.16. The second-order valence-electron chi connectivity index (χ2n) is 5.53. The van der Waals surface area contributed by atoms with E-state index in [2.05, 4.69) is 47.1 Å². The molecule has 4 nitrogen and oxygen atoms in total. The highest BCUT2D eigenvalue weighted by molar-refractivity contribution is 5.39. The largest absolute Gasteiger partial charge is 0.358 e. The molecule has 0 spiro atoms. The quantitative estimate of drug-likeness (QED) is 0.837. The Morgan fingerprint density at radius 3 is 2.72 bits per heavy atom. The Kier molecular flexibility index (Phi) is 4.17. The van der Waals surface area contributed by atoms with E-state index in [-0.39, 0.29) is 0 Å². The van der Waals surface area contributed by atoms with Crippen molar-refractivity contribution in [3.63, 3.8) is 0 Å². The fraction of sp³-hybridized carbons (Fsp3) is 0.714. The van der Waals surface area contributed by atoms with Crippen LogP contribution in [0.2, 0.25) is 0 Å².